The molecule has 108 valence electrons. The van der Waals surface area contributed by atoms with E-state index in [9.17, 15) is 0 Å². The van der Waals surface area contributed by atoms with Crippen LogP contribution < -0.4 is 5.73 Å². The largest absolute Gasteiger partial charge is 0.397 e. The van der Waals surface area contributed by atoms with Crippen LogP contribution in [0.5, 0.6) is 0 Å². The number of aromatic nitrogens is 3. The Labute approximate surface area is 118 Å². The number of anilines is 1. The van der Waals surface area contributed by atoms with Gasteiger partial charge in [0.25, 0.3) is 5.89 Å². The molecule has 2 rings (SSSR count). The average Bonchev–Trinajstić information content (AvgIpc) is 2.84. The normalized spacial score (nSPS) is 13.4. The number of ether oxygens (including phenoxy) is 1. The van der Waals surface area contributed by atoms with Gasteiger partial charge in [-0.2, -0.15) is 4.98 Å². The lowest BCUT2D eigenvalue weighted by Crippen LogP contribution is -2.22. The Balaban J connectivity index is 2.35. The highest BCUT2D eigenvalue weighted by Crippen LogP contribution is 2.35. The van der Waals surface area contributed by atoms with Gasteiger partial charge in [-0.05, 0) is 24.5 Å². The molecule has 0 saturated carbocycles. The number of hydrogen-bond donors (Lipinski definition) is 1. The Kier molecular flexibility index (Phi) is 4.04. The number of hydrogen-bond acceptors (Lipinski definition) is 6. The monoisotopic (exact) mass is 276 g/mol. The van der Waals surface area contributed by atoms with Crippen molar-refractivity contribution < 1.29 is 9.26 Å². The van der Waals surface area contributed by atoms with E-state index in [1.165, 1.54) is 0 Å². The molecule has 0 aromatic carbocycles. The van der Waals surface area contributed by atoms with E-state index in [0.717, 1.165) is 0 Å². The summed E-state index contributed by atoms with van der Waals surface area (Å²) in [5, 5.41) is 4.01. The maximum Gasteiger partial charge on any atom is 0.278 e. The quantitative estimate of drug-likeness (QED) is 0.923. The second kappa shape index (κ2) is 5.58. The van der Waals surface area contributed by atoms with Crippen molar-refractivity contribution in [3.63, 3.8) is 0 Å². The van der Waals surface area contributed by atoms with Gasteiger partial charge < -0.3 is 15.0 Å². The Morgan fingerprint density at radius 3 is 2.75 bits per heavy atom. The molecule has 2 aromatic heterocycles. The molecule has 0 bridgehead atoms. The van der Waals surface area contributed by atoms with Crippen LogP contribution >= 0.6 is 0 Å². The maximum atomic E-state index is 5.86. The minimum Gasteiger partial charge on any atom is -0.397 e. The third-order valence-electron chi connectivity index (χ3n) is 2.84. The van der Waals surface area contributed by atoms with E-state index in [1.54, 1.807) is 18.3 Å². The summed E-state index contributed by atoms with van der Waals surface area (Å²) in [6.07, 6.45) is 1.40. The number of nitrogen functional groups attached to an aromatic ring is 1. The molecule has 0 aliphatic rings. The van der Waals surface area contributed by atoms with E-state index in [2.05, 4.69) is 35.9 Å². The van der Waals surface area contributed by atoms with Crippen LogP contribution in [-0.2, 0) is 4.74 Å². The van der Waals surface area contributed by atoms with Crippen molar-refractivity contribution in [1.29, 1.82) is 0 Å². The molecule has 2 heterocycles. The Morgan fingerprint density at radius 1 is 1.40 bits per heavy atom. The van der Waals surface area contributed by atoms with E-state index in [-0.39, 0.29) is 11.5 Å². The van der Waals surface area contributed by atoms with E-state index in [4.69, 9.17) is 15.0 Å². The van der Waals surface area contributed by atoms with E-state index >= 15 is 0 Å². The number of nitrogens with zero attached hydrogens (tertiary/aromatic N) is 3. The molecule has 20 heavy (non-hydrogen) atoms. The van der Waals surface area contributed by atoms with Gasteiger partial charge in [0.1, 0.15) is 6.10 Å². The second-order valence-electron chi connectivity index (χ2n) is 5.60. The fraction of sp³-hybridized carbons (Fsp3) is 0.500. The van der Waals surface area contributed by atoms with Crippen LogP contribution in [-0.4, -0.2) is 21.7 Å². The number of nitrogens with two attached hydrogens (primary N) is 1. The first-order chi connectivity index (χ1) is 9.43. The molecule has 1 atom stereocenters. The van der Waals surface area contributed by atoms with Gasteiger partial charge in [0.05, 0.1) is 5.69 Å². The summed E-state index contributed by atoms with van der Waals surface area (Å²) in [6.45, 7) is 8.73. The van der Waals surface area contributed by atoms with Gasteiger partial charge in [0, 0.05) is 12.8 Å². The van der Waals surface area contributed by atoms with Crippen molar-refractivity contribution in [3.8, 4) is 11.6 Å². The van der Waals surface area contributed by atoms with Gasteiger partial charge in [-0.3, -0.25) is 0 Å². The highest BCUT2D eigenvalue weighted by Gasteiger charge is 2.31. The predicted molar refractivity (Wildman–Crippen MR) is 75.8 cm³/mol. The maximum absolute atomic E-state index is 5.86. The molecular weight excluding hydrogens is 256 g/mol. The SMILES string of the molecule is CCOC(c1noc(-c2ncccc2N)n1)C(C)(C)C. The zero-order valence-electron chi connectivity index (χ0n) is 12.3. The third kappa shape index (κ3) is 2.96. The minimum atomic E-state index is -0.241. The van der Waals surface area contributed by atoms with Crippen molar-refractivity contribution in [2.24, 2.45) is 5.41 Å². The molecule has 1 unspecified atom stereocenters. The lowest BCUT2D eigenvalue weighted by molar-refractivity contribution is -0.0203. The summed E-state index contributed by atoms with van der Waals surface area (Å²) >= 11 is 0. The zero-order valence-corrected chi connectivity index (χ0v) is 12.3. The van der Waals surface area contributed by atoms with Crippen molar-refractivity contribution in [1.82, 2.24) is 15.1 Å². The molecule has 0 radical (unpaired) electrons. The topological polar surface area (TPSA) is 87.1 Å². The van der Waals surface area contributed by atoms with Gasteiger partial charge >= 0.3 is 0 Å². The van der Waals surface area contributed by atoms with Crippen molar-refractivity contribution in [2.45, 2.75) is 33.8 Å². The van der Waals surface area contributed by atoms with E-state index in [1.807, 2.05) is 6.92 Å². The third-order valence-corrected chi connectivity index (χ3v) is 2.84. The summed E-state index contributed by atoms with van der Waals surface area (Å²) < 4.78 is 11.0. The first-order valence-corrected chi connectivity index (χ1v) is 6.59. The lowest BCUT2D eigenvalue weighted by Gasteiger charge is -2.27. The molecule has 2 N–H and O–H groups in total. The summed E-state index contributed by atoms with van der Waals surface area (Å²) in [5.41, 5.74) is 6.73. The van der Waals surface area contributed by atoms with Gasteiger partial charge in [0.15, 0.2) is 5.69 Å². The summed E-state index contributed by atoms with van der Waals surface area (Å²) in [7, 11) is 0. The van der Waals surface area contributed by atoms with Gasteiger partial charge in [-0.25, -0.2) is 4.98 Å². The van der Waals surface area contributed by atoms with Gasteiger partial charge in [0.2, 0.25) is 5.82 Å². The Hall–Kier alpha value is -1.95. The van der Waals surface area contributed by atoms with Gasteiger partial charge in [-0.1, -0.05) is 25.9 Å². The molecule has 0 fully saturated rings. The molecule has 0 saturated heterocycles. The predicted octanol–water partition coefficient (Wildman–Crippen LogP) is 2.84. The van der Waals surface area contributed by atoms with Crippen molar-refractivity contribution in [3.05, 3.63) is 24.2 Å². The van der Waals surface area contributed by atoms with Crippen LogP contribution in [0.4, 0.5) is 5.69 Å². The van der Waals surface area contributed by atoms with Gasteiger partial charge in [-0.15, -0.1) is 0 Å². The van der Waals surface area contributed by atoms with Crippen LogP contribution in [0.1, 0.15) is 39.6 Å². The molecule has 0 aliphatic carbocycles. The molecule has 2 aromatic rings. The Morgan fingerprint density at radius 2 is 2.15 bits per heavy atom. The molecule has 0 amide bonds. The Bertz CT molecular complexity index is 575. The van der Waals surface area contributed by atoms with Crippen LogP contribution in [0.3, 0.4) is 0 Å². The zero-order chi connectivity index (χ0) is 14.8. The summed E-state index contributed by atoms with van der Waals surface area (Å²) in [4.78, 5) is 8.55. The van der Waals surface area contributed by atoms with Crippen molar-refractivity contribution >= 4 is 5.69 Å². The van der Waals surface area contributed by atoms with Crippen LogP contribution in [0.2, 0.25) is 0 Å². The average molecular weight is 276 g/mol. The molecule has 0 spiro atoms. The standard InChI is InChI=1S/C14H20N4O2/c1-5-19-11(14(2,3)4)12-17-13(20-18-12)10-9(15)7-6-8-16-10/h6-8,11H,5,15H2,1-4H3. The summed E-state index contributed by atoms with van der Waals surface area (Å²) in [5.74, 6) is 0.825. The highest BCUT2D eigenvalue weighted by atomic mass is 16.5. The van der Waals surface area contributed by atoms with E-state index < -0.39 is 0 Å². The first-order valence-electron chi connectivity index (χ1n) is 6.59. The molecule has 6 heteroatoms. The lowest BCUT2D eigenvalue weighted by atomic mass is 9.88. The molecule has 6 nitrogen and oxygen atoms in total. The number of pyridine rings is 1. The fourth-order valence-electron chi connectivity index (χ4n) is 1.91. The fourth-order valence-corrected chi connectivity index (χ4v) is 1.91. The summed E-state index contributed by atoms with van der Waals surface area (Å²) in [6, 6.07) is 3.50. The van der Waals surface area contributed by atoms with Crippen LogP contribution in [0.15, 0.2) is 22.9 Å². The van der Waals surface area contributed by atoms with E-state index in [0.29, 0.717) is 29.7 Å². The minimum absolute atomic E-state index is 0.132. The van der Waals surface area contributed by atoms with Crippen LogP contribution in [0.25, 0.3) is 11.6 Å². The smallest absolute Gasteiger partial charge is 0.278 e. The highest BCUT2D eigenvalue weighted by molar-refractivity contribution is 5.65. The van der Waals surface area contributed by atoms with Crippen molar-refractivity contribution in [2.75, 3.05) is 12.3 Å². The first kappa shape index (κ1) is 14.5. The molecular formula is C14H20N4O2. The van der Waals surface area contributed by atoms with Crippen LogP contribution in [0, 0.1) is 5.41 Å². The molecule has 0 aliphatic heterocycles. The number of rotatable bonds is 4. The second-order valence-corrected chi connectivity index (χ2v) is 5.60.